The van der Waals surface area contributed by atoms with Gasteiger partial charge in [-0.25, -0.2) is 4.39 Å². The average molecular weight is 538 g/mol. The number of halogens is 1. The molecular weight excluding hydrogens is 501 g/mol. The van der Waals surface area contributed by atoms with Crippen molar-refractivity contribution in [2.45, 2.75) is 0 Å². The summed E-state index contributed by atoms with van der Waals surface area (Å²) in [7, 11) is 0. The fraction of sp³-hybridized carbons (Fsp3) is 0.727. The van der Waals surface area contributed by atoms with Gasteiger partial charge in [0.25, 0.3) is 11.4 Å². The van der Waals surface area contributed by atoms with E-state index in [-0.39, 0.29) is 30.3 Å². The maximum Gasteiger partial charge on any atom is 0.299 e. The van der Waals surface area contributed by atoms with E-state index in [0.717, 1.165) is 6.07 Å². The number of alkyl halides is 1. The molecule has 1 N–H and O–H groups in total. The van der Waals surface area contributed by atoms with Gasteiger partial charge in [0, 0.05) is 12.6 Å². The Hall–Kier alpha value is -2.53. The van der Waals surface area contributed by atoms with Crippen molar-refractivity contribution in [3.05, 3.63) is 38.4 Å². The molecule has 0 spiro atoms. The highest BCUT2D eigenvalue weighted by Crippen LogP contribution is 2.28. The molecule has 0 amide bonds. The summed E-state index contributed by atoms with van der Waals surface area (Å²) in [5.41, 5.74) is -0.530. The molecule has 0 radical (unpaired) electrons. The number of benzene rings is 1. The first-order chi connectivity index (χ1) is 18.1. The molecule has 0 bridgehead atoms. The number of rotatable bonds is 26. The fourth-order valence-electron chi connectivity index (χ4n) is 2.67. The molecule has 0 aliphatic heterocycles. The smallest absolute Gasteiger partial charge is 0.299 e. The molecule has 0 saturated carbocycles. The summed E-state index contributed by atoms with van der Waals surface area (Å²) in [5.74, 6) is 0. The molecular formula is C22H36FN3O11. The Morgan fingerprint density at radius 1 is 0.622 bits per heavy atom. The number of non-ortho nitro benzene ring substituents is 1. The van der Waals surface area contributed by atoms with Crippen LogP contribution in [-0.4, -0.2) is 116 Å². The molecule has 0 aliphatic carbocycles. The minimum Gasteiger partial charge on any atom is -0.377 e. The van der Waals surface area contributed by atoms with Gasteiger partial charge in [-0.1, -0.05) is 0 Å². The predicted octanol–water partition coefficient (Wildman–Crippen LogP) is 2.00. The fourth-order valence-corrected chi connectivity index (χ4v) is 2.67. The van der Waals surface area contributed by atoms with E-state index in [4.69, 9.17) is 33.2 Å². The van der Waals surface area contributed by atoms with Gasteiger partial charge in [0.2, 0.25) is 0 Å². The number of hydrogen-bond acceptors (Lipinski definition) is 12. The molecule has 1 aromatic carbocycles. The van der Waals surface area contributed by atoms with Gasteiger partial charge in [-0.15, -0.1) is 0 Å². The lowest BCUT2D eigenvalue weighted by molar-refractivity contribution is -0.393. The molecule has 37 heavy (non-hydrogen) atoms. The van der Waals surface area contributed by atoms with Crippen LogP contribution in [0.5, 0.6) is 0 Å². The second-order valence-electron chi connectivity index (χ2n) is 7.12. The summed E-state index contributed by atoms with van der Waals surface area (Å²) in [6, 6.07) is 3.41. The van der Waals surface area contributed by atoms with Gasteiger partial charge in [-0.2, -0.15) is 0 Å². The van der Waals surface area contributed by atoms with Crippen LogP contribution in [0.2, 0.25) is 0 Å². The predicted molar refractivity (Wildman–Crippen MR) is 130 cm³/mol. The summed E-state index contributed by atoms with van der Waals surface area (Å²) < 4.78 is 48.8. The van der Waals surface area contributed by atoms with E-state index < -0.39 is 16.5 Å². The lowest BCUT2D eigenvalue weighted by Crippen LogP contribution is -2.15. The van der Waals surface area contributed by atoms with E-state index in [2.05, 4.69) is 5.32 Å². The molecule has 0 saturated heterocycles. The molecule has 212 valence electrons. The van der Waals surface area contributed by atoms with E-state index in [1.807, 2.05) is 0 Å². The third-order valence-electron chi connectivity index (χ3n) is 4.40. The average Bonchev–Trinajstić information content (AvgIpc) is 2.89. The van der Waals surface area contributed by atoms with Gasteiger partial charge in [0.05, 0.1) is 108 Å². The molecule has 0 aliphatic rings. The van der Waals surface area contributed by atoms with Gasteiger partial charge < -0.3 is 38.5 Å². The zero-order valence-corrected chi connectivity index (χ0v) is 20.8. The highest BCUT2D eigenvalue weighted by atomic mass is 19.1. The zero-order chi connectivity index (χ0) is 27.0. The number of nitro groups is 2. The first-order valence-electron chi connectivity index (χ1n) is 11.8. The Morgan fingerprint density at radius 2 is 1.03 bits per heavy atom. The van der Waals surface area contributed by atoms with Crippen molar-refractivity contribution in [1.29, 1.82) is 0 Å². The minimum absolute atomic E-state index is 0.0934. The van der Waals surface area contributed by atoms with Gasteiger partial charge in [0.1, 0.15) is 12.4 Å². The topological polar surface area (TPSA) is 163 Å². The summed E-state index contributed by atoms with van der Waals surface area (Å²) in [4.78, 5) is 20.5. The third-order valence-corrected chi connectivity index (χ3v) is 4.40. The first-order valence-corrected chi connectivity index (χ1v) is 11.8. The number of nitrogens with zero attached hydrogens (tertiary/aromatic N) is 2. The quantitative estimate of drug-likeness (QED) is 0.104. The van der Waals surface area contributed by atoms with Crippen molar-refractivity contribution in [3.8, 4) is 0 Å². The molecule has 0 fully saturated rings. The number of anilines is 1. The van der Waals surface area contributed by atoms with E-state index >= 15 is 0 Å². The lowest BCUT2D eigenvalue weighted by atomic mass is 10.2. The molecule has 15 heteroatoms. The van der Waals surface area contributed by atoms with Crippen LogP contribution in [0.4, 0.5) is 21.5 Å². The van der Waals surface area contributed by atoms with Gasteiger partial charge >= 0.3 is 0 Å². The molecule has 0 atom stereocenters. The SMILES string of the molecule is O=[N+]([O-])c1ccc(NCCOCCOCCOCCOCCOCCOCCOCCF)c([N+](=O)[O-])c1. The Labute approximate surface area is 214 Å². The monoisotopic (exact) mass is 537 g/mol. The number of nitrogens with one attached hydrogen (secondary N) is 1. The highest BCUT2D eigenvalue weighted by molar-refractivity contribution is 5.65. The Balaban J connectivity index is 1.84. The van der Waals surface area contributed by atoms with Crippen LogP contribution < -0.4 is 5.32 Å². The zero-order valence-electron chi connectivity index (χ0n) is 20.8. The van der Waals surface area contributed by atoms with Crippen molar-refractivity contribution in [2.24, 2.45) is 0 Å². The molecule has 0 unspecified atom stereocenters. The van der Waals surface area contributed by atoms with E-state index in [9.17, 15) is 24.6 Å². The summed E-state index contributed by atoms with van der Waals surface area (Å²) in [5, 5.41) is 24.7. The van der Waals surface area contributed by atoms with Crippen LogP contribution in [0.3, 0.4) is 0 Å². The van der Waals surface area contributed by atoms with Crippen molar-refractivity contribution in [2.75, 3.05) is 111 Å². The second kappa shape index (κ2) is 22.7. The normalized spacial score (nSPS) is 11.1. The van der Waals surface area contributed by atoms with Gasteiger partial charge in [0.15, 0.2) is 0 Å². The molecule has 0 aromatic heterocycles. The van der Waals surface area contributed by atoms with Crippen LogP contribution >= 0.6 is 0 Å². The summed E-state index contributed by atoms with van der Waals surface area (Å²) >= 11 is 0. The summed E-state index contributed by atoms with van der Waals surface area (Å²) in [6.45, 7) is 5.12. The van der Waals surface area contributed by atoms with Crippen LogP contribution in [0, 0.1) is 20.2 Å². The van der Waals surface area contributed by atoms with Crippen molar-refractivity contribution < 1.29 is 47.4 Å². The third kappa shape index (κ3) is 17.5. The van der Waals surface area contributed by atoms with Crippen LogP contribution in [-0.2, 0) is 33.2 Å². The largest absolute Gasteiger partial charge is 0.377 e. The Morgan fingerprint density at radius 3 is 1.41 bits per heavy atom. The van der Waals surface area contributed by atoms with Crippen LogP contribution in [0.15, 0.2) is 18.2 Å². The Kier molecular flexibility index (Phi) is 19.9. The molecule has 1 rings (SSSR count). The van der Waals surface area contributed by atoms with E-state index in [1.54, 1.807) is 0 Å². The number of nitro benzene ring substituents is 2. The second-order valence-corrected chi connectivity index (χ2v) is 7.12. The first kappa shape index (κ1) is 32.5. The number of hydrogen-bond donors (Lipinski definition) is 1. The molecule has 14 nitrogen and oxygen atoms in total. The van der Waals surface area contributed by atoms with E-state index in [0.29, 0.717) is 85.8 Å². The number of ether oxygens (including phenoxy) is 7. The van der Waals surface area contributed by atoms with E-state index in [1.165, 1.54) is 12.1 Å². The maximum atomic E-state index is 11.8. The standard InChI is InChI=1S/C22H36FN3O11/c23-3-5-31-7-9-33-11-13-35-15-17-37-18-16-36-14-12-34-10-8-32-6-4-24-21-2-1-20(25(27)28)19-22(21)26(29)30/h1-2,19,24H,3-18H2. The molecule has 0 heterocycles. The Bertz CT molecular complexity index is 746. The van der Waals surface area contributed by atoms with Crippen LogP contribution in [0.1, 0.15) is 0 Å². The van der Waals surface area contributed by atoms with Crippen LogP contribution in [0.25, 0.3) is 0 Å². The van der Waals surface area contributed by atoms with Crippen molar-refractivity contribution >= 4 is 17.1 Å². The van der Waals surface area contributed by atoms with Gasteiger partial charge in [-0.05, 0) is 6.07 Å². The minimum atomic E-state index is -0.685. The highest BCUT2D eigenvalue weighted by Gasteiger charge is 2.18. The maximum absolute atomic E-state index is 11.8. The lowest BCUT2D eigenvalue weighted by Gasteiger charge is -2.09. The molecule has 1 aromatic rings. The van der Waals surface area contributed by atoms with Gasteiger partial charge in [-0.3, -0.25) is 20.2 Å². The van der Waals surface area contributed by atoms with Crippen molar-refractivity contribution in [1.82, 2.24) is 0 Å². The van der Waals surface area contributed by atoms with Crippen molar-refractivity contribution in [3.63, 3.8) is 0 Å². The summed E-state index contributed by atoms with van der Waals surface area (Å²) in [6.07, 6.45) is 0.